The van der Waals surface area contributed by atoms with Crippen molar-refractivity contribution in [2.75, 3.05) is 32.7 Å². The molecule has 2 heterocycles. The highest BCUT2D eigenvalue weighted by molar-refractivity contribution is 7.89. The molecule has 0 unspecified atom stereocenters. The Kier molecular flexibility index (Phi) is 4.52. The lowest BCUT2D eigenvalue weighted by molar-refractivity contribution is -0.138. The zero-order valence-electron chi connectivity index (χ0n) is 11.1. The number of aliphatic carboxylic acids is 1. The summed E-state index contributed by atoms with van der Waals surface area (Å²) < 4.78 is 26.2. The van der Waals surface area contributed by atoms with E-state index in [1.807, 2.05) is 0 Å². The van der Waals surface area contributed by atoms with Crippen molar-refractivity contribution >= 4 is 16.0 Å². The van der Waals surface area contributed by atoms with Gasteiger partial charge in [0, 0.05) is 32.4 Å². The van der Waals surface area contributed by atoms with E-state index < -0.39 is 16.0 Å². The van der Waals surface area contributed by atoms with Crippen LogP contribution in [-0.4, -0.2) is 66.4 Å². The molecule has 9 heteroatoms. The van der Waals surface area contributed by atoms with E-state index in [-0.39, 0.29) is 30.2 Å². The number of carbonyl (C=O) groups is 1. The molecule has 1 saturated heterocycles. The molecule has 1 aromatic heterocycles. The minimum absolute atomic E-state index is 0.107. The molecule has 112 valence electrons. The second-order valence-corrected chi connectivity index (χ2v) is 6.44. The van der Waals surface area contributed by atoms with Gasteiger partial charge in [0.25, 0.3) is 0 Å². The largest absolute Gasteiger partial charge is 0.480 e. The number of nitriles is 1. The van der Waals surface area contributed by atoms with Crippen LogP contribution in [0.1, 0.15) is 5.69 Å². The molecule has 1 aromatic rings. The Morgan fingerprint density at radius 2 is 2.05 bits per heavy atom. The maximum Gasteiger partial charge on any atom is 0.317 e. The Balaban J connectivity index is 2.16. The van der Waals surface area contributed by atoms with Gasteiger partial charge in [0.1, 0.15) is 11.0 Å². The highest BCUT2D eigenvalue weighted by Crippen LogP contribution is 2.19. The number of carboxylic acids is 1. The van der Waals surface area contributed by atoms with Crippen LogP contribution in [0.25, 0.3) is 0 Å². The summed E-state index contributed by atoms with van der Waals surface area (Å²) >= 11 is 0. The lowest BCUT2D eigenvalue weighted by Gasteiger charge is -2.32. The number of rotatable bonds is 4. The van der Waals surface area contributed by atoms with E-state index in [1.54, 1.807) is 11.0 Å². The zero-order chi connectivity index (χ0) is 15.5. The van der Waals surface area contributed by atoms with Crippen LogP contribution in [0.2, 0.25) is 0 Å². The molecular weight excluding hydrogens is 296 g/mol. The van der Waals surface area contributed by atoms with Gasteiger partial charge < -0.3 is 5.11 Å². The summed E-state index contributed by atoms with van der Waals surface area (Å²) in [5.74, 6) is -0.940. The van der Waals surface area contributed by atoms with Crippen LogP contribution in [0.15, 0.2) is 23.2 Å². The first-order valence-electron chi connectivity index (χ1n) is 6.24. The molecule has 0 spiro atoms. The van der Waals surface area contributed by atoms with Gasteiger partial charge in [-0.15, -0.1) is 0 Å². The van der Waals surface area contributed by atoms with Gasteiger partial charge in [-0.25, -0.2) is 13.4 Å². The van der Waals surface area contributed by atoms with E-state index in [4.69, 9.17) is 10.4 Å². The van der Waals surface area contributed by atoms with E-state index in [9.17, 15) is 13.2 Å². The van der Waals surface area contributed by atoms with Crippen LogP contribution >= 0.6 is 0 Å². The summed E-state index contributed by atoms with van der Waals surface area (Å²) in [6.45, 7) is 0.955. The predicted molar refractivity (Wildman–Crippen MR) is 71.8 cm³/mol. The summed E-state index contributed by atoms with van der Waals surface area (Å²) in [5, 5.41) is 17.7. The van der Waals surface area contributed by atoms with Crippen molar-refractivity contribution in [1.29, 1.82) is 5.26 Å². The van der Waals surface area contributed by atoms with Crippen molar-refractivity contribution < 1.29 is 18.3 Å². The van der Waals surface area contributed by atoms with Crippen LogP contribution in [0, 0.1) is 11.3 Å². The average molecular weight is 310 g/mol. The second kappa shape index (κ2) is 6.17. The molecule has 1 fully saturated rings. The number of piperazine rings is 1. The number of sulfonamides is 1. The number of hydrogen-bond acceptors (Lipinski definition) is 6. The fourth-order valence-electron chi connectivity index (χ4n) is 2.14. The number of carboxylic acid groups (broad SMARTS) is 1. The molecule has 1 aliphatic heterocycles. The number of aromatic nitrogens is 1. The van der Waals surface area contributed by atoms with E-state index in [1.165, 1.54) is 22.6 Å². The molecule has 0 bridgehead atoms. The lowest BCUT2D eigenvalue weighted by atomic mass is 10.3. The van der Waals surface area contributed by atoms with Gasteiger partial charge in [-0.05, 0) is 12.1 Å². The number of pyridine rings is 1. The normalized spacial score (nSPS) is 17.3. The van der Waals surface area contributed by atoms with Crippen LogP contribution in [0.5, 0.6) is 0 Å². The van der Waals surface area contributed by atoms with E-state index in [0.29, 0.717) is 13.1 Å². The molecule has 0 saturated carbocycles. The molecule has 21 heavy (non-hydrogen) atoms. The Morgan fingerprint density at radius 1 is 1.38 bits per heavy atom. The molecule has 0 amide bonds. The molecular formula is C12H14N4O4S. The van der Waals surface area contributed by atoms with Crippen molar-refractivity contribution in [2.24, 2.45) is 0 Å². The molecule has 1 N–H and O–H groups in total. The molecule has 1 aliphatic rings. The summed E-state index contributed by atoms with van der Waals surface area (Å²) in [5.41, 5.74) is -0.134. The minimum Gasteiger partial charge on any atom is -0.480 e. The first-order valence-corrected chi connectivity index (χ1v) is 7.68. The van der Waals surface area contributed by atoms with Crippen molar-refractivity contribution in [2.45, 2.75) is 4.90 Å². The van der Waals surface area contributed by atoms with E-state index >= 15 is 0 Å². The van der Waals surface area contributed by atoms with Crippen LogP contribution < -0.4 is 0 Å². The maximum absolute atomic E-state index is 12.5. The van der Waals surface area contributed by atoms with Gasteiger partial charge in [-0.1, -0.05) is 0 Å². The SMILES string of the molecule is N#Cc1ncccc1S(=O)(=O)N1CCN(CC(=O)O)CC1. The Hall–Kier alpha value is -2.02. The van der Waals surface area contributed by atoms with Crippen LogP contribution in [0.3, 0.4) is 0 Å². The quantitative estimate of drug-likeness (QED) is 0.785. The minimum atomic E-state index is -3.78. The zero-order valence-corrected chi connectivity index (χ0v) is 12.0. The third-order valence-electron chi connectivity index (χ3n) is 3.18. The first-order chi connectivity index (χ1) is 9.95. The average Bonchev–Trinajstić information content (AvgIpc) is 2.47. The number of nitrogens with zero attached hydrogens (tertiary/aromatic N) is 4. The van der Waals surface area contributed by atoms with Crippen molar-refractivity contribution in [3.8, 4) is 6.07 Å². The molecule has 0 aromatic carbocycles. The Labute approximate surface area is 122 Å². The van der Waals surface area contributed by atoms with Crippen molar-refractivity contribution in [3.05, 3.63) is 24.0 Å². The third-order valence-corrected chi connectivity index (χ3v) is 5.11. The van der Waals surface area contributed by atoms with Gasteiger partial charge in [-0.2, -0.15) is 9.57 Å². The van der Waals surface area contributed by atoms with Crippen LogP contribution in [-0.2, 0) is 14.8 Å². The maximum atomic E-state index is 12.5. The van der Waals surface area contributed by atoms with Crippen LogP contribution in [0.4, 0.5) is 0 Å². The van der Waals surface area contributed by atoms with Crippen molar-refractivity contribution in [1.82, 2.24) is 14.2 Å². The highest BCUT2D eigenvalue weighted by Gasteiger charge is 2.31. The fraction of sp³-hybridized carbons (Fsp3) is 0.417. The summed E-state index contributed by atoms with van der Waals surface area (Å²) in [6, 6.07) is 4.59. The Morgan fingerprint density at radius 3 is 2.62 bits per heavy atom. The monoisotopic (exact) mass is 310 g/mol. The highest BCUT2D eigenvalue weighted by atomic mass is 32.2. The molecule has 0 aliphatic carbocycles. The van der Waals surface area contributed by atoms with E-state index in [0.717, 1.165) is 0 Å². The summed E-state index contributed by atoms with van der Waals surface area (Å²) in [6.07, 6.45) is 1.36. The van der Waals surface area contributed by atoms with Crippen molar-refractivity contribution in [3.63, 3.8) is 0 Å². The first kappa shape index (κ1) is 15.4. The lowest BCUT2D eigenvalue weighted by Crippen LogP contribution is -2.49. The standard InChI is InChI=1S/C12H14N4O4S/c13-8-10-11(2-1-3-14-10)21(19,20)16-6-4-15(5-7-16)9-12(17)18/h1-3H,4-7,9H2,(H,17,18). The topological polar surface area (TPSA) is 115 Å². The summed E-state index contributed by atoms with van der Waals surface area (Å²) in [7, 11) is -3.78. The fourth-order valence-corrected chi connectivity index (χ4v) is 3.66. The molecule has 0 radical (unpaired) electrons. The van der Waals surface area contributed by atoms with Gasteiger partial charge in [0.15, 0.2) is 5.69 Å². The molecule has 0 atom stereocenters. The van der Waals surface area contributed by atoms with Gasteiger partial charge in [0.05, 0.1) is 6.54 Å². The smallest absolute Gasteiger partial charge is 0.317 e. The molecule has 2 rings (SSSR count). The predicted octanol–water partition coefficient (Wildman–Crippen LogP) is -0.656. The summed E-state index contributed by atoms with van der Waals surface area (Å²) in [4.78, 5) is 15.9. The Bertz CT molecular complexity index is 675. The number of hydrogen-bond donors (Lipinski definition) is 1. The van der Waals surface area contributed by atoms with E-state index in [2.05, 4.69) is 4.98 Å². The second-order valence-electron chi connectivity index (χ2n) is 4.54. The third kappa shape index (κ3) is 3.36. The van der Waals surface area contributed by atoms with Gasteiger partial charge in [-0.3, -0.25) is 9.69 Å². The van der Waals surface area contributed by atoms with Gasteiger partial charge in [0.2, 0.25) is 10.0 Å². The van der Waals surface area contributed by atoms with Gasteiger partial charge >= 0.3 is 5.97 Å². The molecule has 8 nitrogen and oxygen atoms in total.